The molecule has 0 saturated carbocycles. The molecule has 0 amide bonds. The van der Waals surface area contributed by atoms with Gasteiger partial charge in [0.05, 0.1) is 31.0 Å². The smallest absolute Gasteiger partial charge is 0.275 e. The highest BCUT2D eigenvalue weighted by molar-refractivity contribution is 7.22. The number of fused-ring (bicyclic) bond motifs is 1. The number of halogens is 1. The topological polar surface area (TPSA) is 153 Å². The van der Waals surface area contributed by atoms with Crippen molar-refractivity contribution in [3.8, 4) is 27.6 Å². The second kappa shape index (κ2) is 12.4. The number of aliphatic hydroxyl groups is 4. The van der Waals surface area contributed by atoms with Gasteiger partial charge in [0.2, 0.25) is 0 Å². The number of hydrogen-bond donors (Lipinski definition) is 4. The molecule has 1 fully saturated rings. The van der Waals surface area contributed by atoms with E-state index in [0.717, 1.165) is 10.4 Å². The Balaban J connectivity index is 1.30. The highest BCUT2D eigenvalue weighted by Gasteiger charge is 2.44. The fraction of sp³-hybridized carbons (Fsp3) is 0.357. The molecule has 218 valence electrons. The van der Waals surface area contributed by atoms with Crippen LogP contribution in [0.15, 0.2) is 59.7 Å². The standard InChI is InChI=1S/C28H29ClN2O9S/c1-14(39-28-25(35)24(34)23(33)21(11-32)40-28)12-38-19-8-7-17(9-20(19)37-2)31-13-30-18-10-22(41-26(18)27(31)36)15-3-5-16(29)6-4-15/h3-10,13-14,21,23-25,28,32-35H,11-12H2,1-2H3/t14?,21-,23-,24?,25?,28?/m1/s1. The minimum absolute atomic E-state index is 0.0147. The van der Waals surface area contributed by atoms with Gasteiger partial charge in [-0.2, -0.15) is 0 Å². The summed E-state index contributed by atoms with van der Waals surface area (Å²) in [5.41, 5.74) is 1.84. The number of aromatic nitrogens is 2. The molecule has 11 nitrogen and oxygen atoms in total. The van der Waals surface area contributed by atoms with Crippen LogP contribution in [0.25, 0.3) is 26.3 Å². The molecular weight excluding hydrogens is 576 g/mol. The second-order valence-electron chi connectivity index (χ2n) is 9.54. The zero-order valence-corrected chi connectivity index (χ0v) is 23.7. The number of hydrogen-bond acceptors (Lipinski definition) is 11. The van der Waals surface area contributed by atoms with Crippen molar-refractivity contribution in [3.63, 3.8) is 0 Å². The summed E-state index contributed by atoms with van der Waals surface area (Å²) in [6.45, 7) is 1.13. The van der Waals surface area contributed by atoms with E-state index in [-0.39, 0.29) is 12.2 Å². The van der Waals surface area contributed by atoms with E-state index in [4.69, 9.17) is 30.5 Å². The van der Waals surface area contributed by atoms with E-state index >= 15 is 0 Å². The van der Waals surface area contributed by atoms with Crippen LogP contribution in [0.2, 0.25) is 5.02 Å². The summed E-state index contributed by atoms with van der Waals surface area (Å²) in [6.07, 6.45) is -6.04. The van der Waals surface area contributed by atoms with E-state index in [1.807, 2.05) is 18.2 Å². The number of nitrogens with zero attached hydrogens (tertiary/aromatic N) is 2. The summed E-state index contributed by atoms with van der Waals surface area (Å²) in [5.74, 6) is 0.742. The Morgan fingerprint density at radius 2 is 1.83 bits per heavy atom. The lowest BCUT2D eigenvalue weighted by Crippen LogP contribution is -2.59. The van der Waals surface area contributed by atoms with Gasteiger partial charge < -0.3 is 39.4 Å². The maximum Gasteiger partial charge on any atom is 0.275 e. The van der Waals surface area contributed by atoms with Crippen LogP contribution in [-0.4, -0.2) is 87.1 Å². The largest absolute Gasteiger partial charge is 0.493 e. The summed E-state index contributed by atoms with van der Waals surface area (Å²) in [6, 6.07) is 14.3. The van der Waals surface area contributed by atoms with Crippen LogP contribution < -0.4 is 15.0 Å². The lowest BCUT2D eigenvalue weighted by atomic mass is 9.99. The highest BCUT2D eigenvalue weighted by atomic mass is 35.5. The maximum absolute atomic E-state index is 13.4. The minimum Gasteiger partial charge on any atom is -0.493 e. The normalized spacial score (nSPS) is 23.4. The van der Waals surface area contributed by atoms with Gasteiger partial charge in [0.15, 0.2) is 17.8 Å². The van der Waals surface area contributed by atoms with Crippen molar-refractivity contribution in [1.29, 1.82) is 0 Å². The average molecular weight is 605 g/mol. The van der Waals surface area contributed by atoms with Crippen molar-refractivity contribution in [2.75, 3.05) is 20.3 Å². The van der Waals surface area contributed by atoms with Gasteiger partial charge in [0.1, 0.15) is 42.0 Å². The lowest BCUT2D eigenvalue weighted by Gasteiger charge is -2.40. The molecule has 0 bridgehead atoms. The summed E-state index contributed by atoms with van der Waals surface area (Å²) < 4.78 is 24.3. The van der Waals surface area contributed by atoms with Crippen molar-refractivity contribution in [1.82, 2.24) is 9.55 Å². The van der Waals surface area contributed by atoms with Gasteiger partial charge in [-0.3, -0.25) is 9.36 Å². The Labute approximate surface area is 243 Å². The van der Waals surface area contributed by atoms with Crippen molar-refractivity contribution in [2.24, 2.45) is 0 Å². The summed E-state index contributed by atoms with van der Waals surface area (Å²) in [5, 5.41) is 40.1. The first-order valence-electron chi connectivity index (χ1n) is 12.7. The third-order valence-corrected chi connectivity index (χ3v) is 8.09. The summed E-state index contributed by atoms with van der Waals surface area (Å²) >= 11 is 7.35. The Morgan fingerprint density at radius 3 is 2.54 bits per heavy atom. The molecule has 0 aliphatic carbocycles. The molecule has 0 spiro atoms. The molecule has 2 aromatic carbocycles. The van der Waals surface area contributed by atoms with Gasteiger partial charge >= 0.3 is 0 Å². The fourth-order valence-corrected chi connectivity index (χ4v) is 5.61. The van der Waals surface area contributed by atoms with Crippen LogP contribution in [0.4, 0.5) is 0 Å². The van der Waals surface area contributed by atoms with Gasteiger partial charge in [-0.15, -0.1) is 11.3 Å². The van der Waals surface area contributed by atoms with Crippen molar-refractivity contribution in [3.05, 3.63) is 70.2 Å². The molecule has 2 aromatic heterocycles. The molecule has 13 heteroatoms. The number of ether oxygens (including phenoxy) is 4. The van der Waals surface area contributed by atoms with Crippen LogP contribution in [0.5, 0.6) is 11.5 Å². The van der Waals surface area contributed by atoms with Crippen molar-refractivity contribution < 1.29 is 39.4 Å². The van der Waals surface area contributed by atoms with Crippen LogP contribution >= 0.6 is 22.9 Å². The van der Waals surface area contributed by atoms with Gasteiger partial charge in [-0.25, -0.2) is 4.98 Å². The van der Waals surface area contributed by atoms with Crippen LogP contribution in [0.3, 0.4) is 0 Å². The molecule has 1 aliphatic rings. The quantitative estimate of drug-likeness (QED) is 0.224. The molecule has 6 atom stereocenters. The number of benzene rings is 2. The number of thiophene rings is 1. The monoisotopic (exact) mass is 604 g/mol. The molecule has 1 saturated heterocycles. The molecular formula is C28H29ClN2O9S. The van der Waals surface area contributed by atoms with Crippen LogP contribution in [0, 0.1) is 0 Å². The van der Waals surface area contributed by atoms with Gasteiger partial charge in [-0.05, 0) is 42.8 Å². The Hall–Kier alpha value is -3.07. The molecule has 4 aromatic rings. The SMILES string of the molecule is COc1cc(-n2cnc3cc(-c4ccc(Cl)cc4)sc3c2=O)ccc1OCC(C)OC1O[C@H](CO)[C@@H](O)C(O)C1O. The van der Waals surface area contributed by atoms with Crippen molar-refractivity contribution >= 4 is 33.2 Å². The molecule has 41 heavy (non-hydrogen) atoms. The summed E-state index contributed by atoms with van der Waals surface area (Å²) in [4.78, 5) is 18.8. The Kier molecular flexibility index (Phi) is 8.92. The molecule has 1 aliphatic heterocycles. The number of aliphatic hydroxyl groups excluding tert-OH is 4. The third kappa shape index (κ3) is 6.10. The zero-order valence-electron chi connectivity index (χ0n) is 22.1. The maximum atomic E-state index is 13.4. The zero-order chi connectivity index (χ0) is 29.3. The van der Waals surface area contributed by atoms with E-state index in [2.05, 4.69) is 4.98 Å². The van der Waals surface area contributed by atoms with E-state index in [9.17, 15) is 25.2 Å². The fourth-order valence-electron chi connectivity index (χ4n) is 4.43. The third-order valence-electron chi connectivity index (χ3n) is 6.68. The Morgan fingerprint density at radius 1 is 1.07 bits per heavy atom. The van der Waals surface area contributed by atoms with E-state index in [0.29, 0.717) is 32.4 Å². The molecule has 5 rings (SSSR count). The second-order valence-corrected chi connectivity index (χ2v) is 11.0. The Bertz CT molecular complexity index is 1560. The van der Waals surface area contributed by atoms with E-state index in [1.54, 1.807) is 37.3 Å². The lowest BCUT2D eigenvalue weighted by molar-refractivity contribution is -0.311. The van der Waals surface area contributed by atoms with Crippen molar-refractivity contribution in [2.45, 2.75) is 43.7 Å². The van der Waals surface area contributed by atoms with Crippen LogP contribution in [-0.2, 0) is 9.47 Å². The number of rotatable bonds is 9. The average Bonchev–Trinajstić information content (AvgIpc) is 3.42. The van der Waals surface area contributed by atoms with Gasteiger partial charge in [-0.1, -0.05) is 23.7 Å². The van der Waals surface area contributed by atoms with Gasteiger partial charge in [0, 0.05) is 16.0 Å². The predicted molar refractivity (Wildman–Crippen MR) is 152 cm³/mol. The molecule has 4 unspecified atom stereocenters. The van der Waals surface area contributed by atoms with E-state index < -0.39 is 43.4 Å². The predicted octanol–water partition coefficient (Wildman–Crippen LogP) is 2.36. The molecule has 0 radical (unpaired) electrons. The first-order chi connectivity index (χ1) is 19.7. The van der Waals surface area contributed by atoms with E-state index in [1.165, 1.54) is 29.3 Å². The minimum atomic E-state index is -1.54. The van der Waals surface area contributed by atoms with Crippen LogP contribution in [0.1, 0.15) is 6.92 Å². The molecule has 3 heterocycles. The first kappa shape index (κ1) is 29.4. The first-order valence-corrected chi connectivity index (χ1v) is 13.9. The van der Waals surface area contributed by atoms with Gasteiger partial charge in [0.25, 0.3) is 5.56 Å². The number of methoxy groups -OCH3 is 1. The highest BCUT2D eigenvalue weighted by Crippen LogP contribution is 2.33. The molecule has 4 N–H and O–H groups in total. The summed E-state index contributed by atoms with van der Waals surface area (Å²) in [7, 11) is 1.47.